The van der Waals surface area contributed by atoms with Gasteiger partial charge in [0.15, 0.2) is 17.3 Å². The number of ether oxygens (including phenoxy) is 3. The van der Waals surface area contributed by atoms with Crippen LogP contribution in [0.3, 0.4) is 0 Å². The molecule has 2 amide bonds. The number of hydrogen-bond donors (Lipinski definition) is 0. The summed E-state index contributed by atoms with van der Waals surface area (Å²) in [5.74, 6) is -0.989. The number of hydrogen-bond acceptors (Lipinski definition) is 7. The number of nitrogens with zero attached hydrogens (tertiary/aromatic N) is 2. The molecule has 4 atom stereocenters. The number of carbonyl (C=O) groups excluding carboxylic acids is 3. The molecule has 3 aliphatic heterocycles. The SMILES string of the molecule is COc1ccc(N2C(=O)[C@@H]3[C@@H](C2=O)[C@@H](C(=O)c2ccc(OC)c(OC)c2)N2c4ccccc4C=C[C@H]32)cc1. The molecule has 192 valence electrons. The summed E-state index contributed by atoms with van der Waals surface area (Å²) in [6.07, 6.45) is 3.90. The van der Waals surface area contributed by atoms with Gasteiger partial charge in [0.2, 0.25) is 11.8 Å². The average molecular weight is 511 g/mol. The van der Waals surface area contributed by atoms with Crippen LogP contribution >= 0.6 is 0 Å². The predicted octanol–water partition coefficient (Wildman–Crippen LogP) is 3.99. The van der Waals surface area contributed by atoms with Gasteiger partial charge in [0.05, 0.1) is 44.9 Å². The summed E-state index contributed by atoms with van der Waals surface area (Å²) in [4.78, 5) is 45.3. The van der Waals surface area contributed by atoms with E-state index in [0.717, 1.165) is 11.3 Å². The van der Waals surface area contributed by atoms with Crippen LogP contribution in [0.2, 0.25) is 0 Å². The van der Waals surface area contributed by atoms with Gasteiger partial charge in [0.25, 0.3) is 0 Å². The van der Waals surface area contributed by atoms with Gasteiger partial charge < -0.3 is 19.1 Å². The summed E-state index contributed by atoms with van der Waals surface area (Å²) >= 11 is 0. The van der Waals surface area contributed by atoms with Crippen LogP contribution in [0.5, 0.6) is 17.2 Å². The van der Waals surface area contributed by atoms with E-state index >= 15 is 0 Å². The number of imide groups is 1. The number of benzene rings is 3. The Bertz CT molecular complexity index is 1480. The number of fused-ring (bicyclic) bond motifs is 5. The lowest BCUT2D eigenvalue weighted by atomic mass is 9.86. The molecule has 3 aromatic rings. The zero-order chi connectivity index (χ0) is 26.6. The monoisotopic (exact) mass is 510 g/mol. The van der Waals surface area contributed by atoms with Crippen molar-refractivity contribution in [2.24, 2.45) is 11.8 Å². The van der Waals surface area contributed by atoms with Gasteiger partial charge in [-0.3, -0.25) is 14.4 Å². The molecule has 8 heteroatoms. The minimum atomic E-state index is -0.881. The molecule has 0 N–H and O–H groups in total. The molecule has 3 aromatic carbocycles. The second-order valence-corrected chi connectivity index (χ2v) is 9.46. The molecule has 2 saturated heterocycles. The van der Waals surface area contributed by atoms with Gasteiger partial charge in [0, 0.05) is 11.3 Å². The van der Waals surface area contributed by atoms with Gasteiger partial charge in [-0.05, 0) is 54.1 Å². The van der Waals surface area contributed by atoms with E-state index in [-0.39, 0.29) is 17.6 Å². The lowest BCUT2D eigenvalue weighted by Crippen LogP contribution is -2.48. The summed E-state index contributed by atoms with van der Waals surface area (Å²) in [5.41, 5.74) is 2.59. The largest absolute Gasteiger partial charge is 0.497 e. The first-order valence-corrected chi connectivity index (χ1v) is 12.3. The maximum atomic E-state index is 14.2. The summed E-state index contributed by atoms with van der Waals surface area (Å²) < 4.78 is 16.0. The van der Waals surface area contributed by atoms with E-state index in [1.54, 1.807) is 49.6 Å². The lowest BCUT2D eigenvalue weighted by Gasteiger charge is -2.36. The number of para-hydroxylation sites is 1. The van der Waals surface area contributed by atoms with E-state index in [0.29, 0.717) is 28.5 Å². The molecule has 6 rings (SSSR count). The molecule has 0 aromatic heterocycles. The zero-order valence-corrected chi connectivity index (χ0v) is 21.2. The van der Waals surface area contributed by atoms with Crippen molar-refractivity contribution in [2.45, 2.75) is 12.1 Å². The topological polar surface area (TPSA) is 85.4 Å². The van der Waals surface area contributed by atoms with Crippen molar-refractivity contribution in [2.75, 3.05) is 31.1 Å². The molecule has 0 unspecified atom stereocenters. The van der Waals surface area contributed by atoms with Gasteiger partial charge in [0.1, 0.15) is 11.8 Å². The minimum absolute atomic E-state index is 0.258. The Hall–Kier alpha value is -4.59. The van der Waals surface area contributed by atoms with Crippen LogP contribution in [0.4, 0.5) is 11.4 Å². The molecule has 8 nitrogen and oxygen atoms in total. The Labute approximate surface area is 220 Å². The normalized spacial score (nSPS) is 23.1. The predicted molar refractivity (Wildman–Crippen MR) is 142 cm³/mol. The summed E-state index contributed by atoms with van der Waals surface area (Å²) in [6.45, 7) is 0. The van der Waals surface area contributed by atoms with E-state index in [1.807, 2.05) is 41.3 Å². The molecule has 0 spiro atoms. The average Bonchev–Trinajstić information content (AvgIpc) is 3.44. The second-order valence-electron chi connectivity index (χ2n) is 9.46. The minimum Gasteiger partial charge on any atom is -0.497 e. The summed E-state index contributed by atoms with van der Waals surface area (Å²) in [5, 5.41) is 0. The number of rotatable bonds is 6. The van der Waals surface area contributed by atoms with Crippen LogP contribution in [0.25, 0.3) is 6.08 Å². The van der Waals surface area contributed by atoms with Crippen molar-refractivity contribution in [1.29, 1.82) is 0 Å². The third-order valence-electron chi connectivity index (χ3n) is 7.68. The first-order chi connectivity index (χ1) is 18.5. The fourth-order valence-electron chi connectivity index (χ4n) is 5.96. The van der Waals surface area contributed by atoms with Crippen molar-refractivity contribution in [3.05, 3.63) is 83.9 Å². The number of amides is 2. The molecular formula is C30H26N2O6. The maximum Gasteiger partial charge on any atom is 0.240 e. The van der Waals surface area contributed by atoms with Gasteiger partial charge in [-0.25, -0.2) is 4.90 Å². The second kappa shape index (κ2) is 9.06. The molecule has 0 aliphatic carbocycles. The summed E-state index contributed by atoms with van der Waals surface area (Å²) in [7, 11) is 4.59. The van der Waals surface area contributed by atoms with Crippen molar-refractivity contribution >= 4 is 35.0 Å². The number of ketones is 1. The van der Waals surface area contributed by atoms with Crippen LogP contribution in [0, 0.1) is 11.8 Å². The Morgan fingerprint density at radius 1 is 0.789 bits per heavy atom. The third kappa shape index (κ3) is 3.40. The van der Waals surface area contributed by atoms with Crippen LogP contribution in [0.15, 0.2) is 72.8 Å². The molecular weight excluding hydrogens is 484 g/mol. The highest BCUT2D eigenvalue weighted by molar-refractivity contribution is 6.25. The first kappa shape index (κ1) is 23.8. The Morgan fingerprint density at radius 2 is 1.50 bits per heavy atom. The van der Waals surface area contributed by atoms with Crippen LogP contribution < -0.4 is 24.0 Å². The quantitative estimate of drug-likeness (QED) is 0.366. The fraction of sp³-hybridized carbons (Fsp3) is 0.233. The molecule has 0 radical (unpaired) electrons. The highest BCUT2D eigenvalue weighted by Crippen LogP contribution is 2.50. The third-order valence-corrected chi connectivity index (χ3v) is 7.68. The molecule has 2 fully saturated rings. The highest BCUT2D eigenvalue weighted by Gasteiger charge is 2.64. The number of carbonyl (C=O) groups is 3. The maximum absolute atomic E-state index is 14.2. The fourth-order valence-corrected chi connectivity index (χ4v) is 5.96. The Morgan fingerprint density at radius 3 is 2.21 bits per heavy atom. The van der Waals surface area contributed by atoms with Crippen molar-refractivity contribution < 1.29 is 28.6 Å². The summed E-state index contributed by atoms with van der Waals surface area (Å²) in [6, 6.07) is 18.1. The van der Waals surface area contributed by atoms with Crippen LogP contribution in [-0.2, 0) is 9.59 Å². The van der Waals surface area contributed by atoms with E-state index in [4.69, 9.17) is 14.2 Å². The van der Waals surface area contributed by atoms with E-state index in [1.165, 1.54) is 19.1 Å². The first-order valence-electron chi connectivity index (χ1n) is 12.3. The molecule has 38 heavy (non-hydrogen) atoms. The Balaban J connectivity index is 1.47. The molecule has 3 heterocycles. The zero-order valence-electron chi connectivity index (χ0n) is 21.2. The van der Waals surface area contributed by atoms with Crippen LogP contribution in [0.1, 0.15) is 15.9 Å². The number of anilines is 2. The van der Waals surface area contributed by atoms with Gasteiger partial charge >= 0.3 is 0 Å². The van der Waals surface area contributed by atoms with Crippen molar-refractivity contribution in [3.63, 3.8) is 0 Å². The van der Waals surface area contributed by atoms with Gasteiger partial charge in [-0.15, -0.1) is 0 Å². The van der Waals surface area contributed by atoms with E-state index < -0.39 is 23.9 Å². The lowest BCUT2D eigenvalue weighted by molar-refractivity contribution is -0.122. The van der Waals surface area contributed by atoms with E-state index in [2.05, 4.69) is 0 Å². The molecule has 0 saturated carbocycles. The Kier molecular flexibility index (Phi) is 5.67. The van der Waals surface area contributed by atoms with E-state index in [9.17, 15) is 14.4 Å². The number of Topliss-reactive ketones (excluding diaryl/α,β-unsaturated/α-hetero) is 1. The standard InChI is InChI=1S/C30H26N2O6/c1-36-20-12-10-19(11-13-20)31-29(34)25-22-14-8-17-6-4-5-7-21(17)32(22)27(26(25)30(31)35)28(33)18-9-15-23(37-2)24(16-18)38-3/h4-16,22,25-27H,1-3H3/t22-,25+,26-,27+/m1/s1. The molecule has 0 bridgehead atoms. The van der Waals surface area contributed by atoms with Crippen molar-refractivity contribution in [1.82, 2.24) is 0 Å². The molecule has 3 aliphatic rings. The number of methoxy groups -OCH3 is 3. The van der Waals surface area contributed by atoms with Gasteiger partial charge in [-0.2, -0.15) is 0 Å². The van der Waals surface area contributed by atoms with Crippen LogP contribution in [-0.4, -0.2) is 51.0 Å². The van der Waals surface area contributed by atoms with Crippen molar-refractivity contribution in [3.8, 4) is 17.2 Å². The smallest absolute Gasteiger partial charge is 0.240 e. The highest BCUT2D eigenvalue weighted by atomic mass is 16.5. The van der Waals surface area contributed by atoms with Gasteiger partial charge in [-0.1, -0.05) is 30.4 Å².